The fraction of sp³-hybridized carbons (Fsp3) is 0.392. The molecule has 5 aliphatic rings. The SMILES string of the molecule is C.C.C.C.C.CC(=O)O[C@@H](C(=O)N(CCO)Cc1ccccc1)[C@@H](OC(C)=O)C(=O)N1Cc2ccccc2C1.CC(=O)O[C@@H](C(=O)N(CCOS(C)(=O)=O)Cc1ccccc1)[C@@H](OC(C)=O)C(=O)N1Cc2ccccc2C1.CC(=O)O[C@@H](C(=O)O)[C@@H](OC(C)=O)C(=O)N1Cc2ccccc2C1.O=C([C@H](O)[C@H]1OCCN(Cc2ccccc2)C1=O)N1Cc2ccccc2C1.OCCNCc1ccccc1. The Balaban J connectivity index is 0.000000372. The van der Waals surface area contributed by atoms with E-state index in [0.29, 0.717) is 44.9 Å². The van der Waals surface area contributed by atoms with Gasteiger partial charge in [-0.1, -0.05) is 256 Å². The summed E-state index contributed by atoms with van der Waals surface area (Å²) < 4.78 is 63.9. The molecule has 37 heteroatoms. The third-order valence-corrected chi connectivity index (χ3v) is 21.8. The van der Waals surface area contributed by atoms with Gasteiger partial charge in [-0.3, -0.25) is 66.5 Å². The smallest absolute Gasteiger partial charge is 0.349 e. The van der Waals surface area contributed by atoms with E-state index in [-0.39, 0.29) is 128 Å². The Bertz CT molecular complexity index is 5410. The number of benzene rings is 8. The Hall–Kier alpha value is -14.0. The van der Waals surface area contributed by atoms with E-state index in [9.17, 15) is 90.9 Å². The summed E-state index contributed by atoms with van der Waals surface area (Å²) in [7, 11) is -3.79. The van der Waals surface area contributed by atoms with Crippen LogP contribution in [0.3, 0.4) is 0 Å². The molecule has 0 spiro atoms. The molecule has 8 aromatic rings. The summed E-state index contributed by atoms with van der Waals surface area (Å²) in [6, 6.07) is 67.7. The molecule has 5 N–H and O–H groups in total. The third-order valence-electron chi connectivity index (χ3n) is 21.2. The topological polar surface area (TPSA) is 463 Å². The van der Waals surface area contributed by atoms with Crippen LogP contribution in [0.15, 0.2) is 218 Å². The number of carboxylic acids is 1. The molecule has 0 radical (unpaired) electrons. The van der Waals surface area contributed by atoms with Crippen molar-refractivity contribution >= 4 is 93.3 Å². The molecule has 1 saturated heterocycles. The highest BCUT2D eigenvalue weighted by molar-refractivity contribution is 7.86. The standard InChI is InChI=1S/C26H30N2O9S.C25H28N2O7.C21H22N2O4.C16H17NO7.C9H13NO.5CH4/c1-18(29)36-23(24(37-19(2)30)26(32)28-16-21-11-7-8-12-22(21)17-28)25(31)27(13-14-35-38(3,33)34)15-20-9-5-4-6-10-20;1-17(29)33-22(24(31)26(12-13-28)14-19-8-4-3-5-9-19)23(34-18(2)30)25(32)27-15-20-10-6-7-11-21(20)16-27;24-18(20(25)23-13-16-8-4-5-9-17(16)14-23)19-21(26)22(10-11-27-19)12-15-6-2-1-3-7-15;1-9(18)23-13(14(16(21)22)24-10(2)19)15(20)17-7-11-5-3-4-6-12(11)8-17;11-7-6-10-8-9-4-2-1-3-5-9;;;;;/h4-12,23-24H,13-17H2,1-3H3;3-11,22-23,28H,12-16H2,1-2H3;1-9,18-19,24H,10-14H2;3-6,13-14H,7-8H2,1-2H3,(H,21,22);1-5,10-11H,6-8H2;5*1H4/t23-,24-;22-,23-;18-,19-;13-,14-;;;;;;/m1111....../s1. The zero-order valence-electron chi connectivity index (χ0n) is 75.2. The van der Waals surface area contributed by atoms with Crippen LogP contribution >= 0.6 is 0 Å². The lowest BCUT2D eigenvalue weighted by atomic mass is 10.1. The molecular formula is C102H130N8O28S. The molecule has 752 valence electrons. The summed E-state index contributed by atoms with van der Waals surface area (Å²) >= 11 is 0. The number of carbonyl (C=O) groups is 14. The molecule has 5 aliphatic heterocycles. The molecule has 0 aliphatic carbocycles. The predicted molar refractivity (Wildman–Crippen MR) is 512 cm³/mol. The summed E-state index contributed by atoms with van der Waals surface area (Å²) in [5, 5.41) is 40.9. The van der Waals surface area contributed by atoms with Crippen LogP contribution in [0.5, 0.6) is 0 Å². The number of nitrogens with one attached hydrogen (secondary N) is 1. The average molecular weight is 1950 g/mol. The second kappa shape index (κ2) is 57.9. The van der Waals surface area contributed by atoms with Crippen molar-refractivity contribution in [3.8, 4) is 0 Å². The van der Waals surface area contributed by atoms with Crippen molar-refractivity contribution < 1.29 is 133 Å². The molecular weight excluding hydrogens is 1820 g/mol. The fourth-order valence-corrected chi connectivity index (χ4v) is 15.4. The zero-order chi connectivity index (χ0) is 97.1. The average Bonchev–Trinajstić information content (AvgIpc) is 1.73. The molecule has 0 saturated carbocycles. The maximum Gasteiger partial charge on any atom is 0.349 e. The van der Waals surface area contributed by atoms with Crippen molar-refractivity contribution in [2.45, 2.75) is 206 Å². The Morgan fingerprint density at radius 2 is 0.676 bits per heavy atom. The van der Waals surface area contributed by atoms with Gasteiger partial charge in [0.25, 0.3) is 51.5 Å². The normalized spacial score (nSPS) is 14.7. The number of rotatable bonds is 33. The number of carbonyl (C=O) groups excluding carboxylic acids is 13. The first-order chi connectivity index (χ1) is 64.1. The van der Waals surface area contributed by atoms with E-state index < -0.39 is 136 Å². The molecule has 8 atom stereocenters. The first-order valence-corrected chi connectivity index (χ1v) is 44.7. The maximum absolute atomic E-state index is 13.8. The highest BCUT2D eigenvalue weighted by Crippen LogP contribution is 2.31. The van der Waals surface area contributed by atoms with Gasteiger partial charge in [0.1, 0.15) is 0 Å². The van der Waals surface area contributed by atoms with Crippen molar-refractivity contribution in [3.63, 3.8) is 0 Å². The van der Waals surface area contributed by atoms with Crippen LogP contribution in [0.25, 0.3) is 0 Å². The molecule has 0 aromatic heterocycles. The van der Waals surface area contributed by atoms with Gasteiger partial charge in [0.05, 0.1) is 32.7 Å². The van der Waals surface area contributed by atoms with Crippen LogP contribution in [0.2, 0.25) is 0 Å². The van der Waals surface area contributed by atoms with Crippen molar-refractivity contribution in [2.24, 2.45) is 0 Å². The first-order valence-electron chi connectivity index (χ1n) is 42.9. The Morgan fingerprint density at radius 1 is 0.396 bits per heavy atom. The number of esters is 6. The van der Waals surface area contributed by atoms with Gasteiger partial charge in [0.15, 0.2) is 12.2 Å². The highest BCUT2D eigenvalue weighted by Gasteiger charge is 2.48. The van der Waals surface area contributed by atoms with Gasteiger partial charge in [-0.15, -0.1) is 0 Å². The molecule has 7 amide bonds. The van der Waals surface area contributed by atoms with Crippen LogP contribution in [0.4, 0.5) is 0 Å². The zero-order valence-corrected chi connectivity index (χ0v) is 76.0. The number of ether oxygens (including phenoxy) is 7. The van der Waals surface area contributed by atoms with Gasteiger partial charge in [-0.2, -0.15) is 8.42 Å². The van der Waals surface area contributed by atoms with Gasteiger partial charge in [-0.25, -0.2) is 4.79 Å². The van der Waals surface area contributed by atoms with E-state index in [1.165, 1.54) is 30.1 Å². The van der Waals surface area contributed by atoms with Crippen LogP contribution in [0, 0.1) is 0 Å². The monoisotopic (exact) mass is 1950 g/mol. The third kappa shape index (κ3) is 35.8. The summed E-state index contributed by atoms with van der Waals surface area (Å²) in [6.45, 7) is 10.8. The lowest BCUT2D eigenvalue weighted by Crippen LogP contribution is -2.56. The number of morpholine rings is 1. The molecule has 1 fully saturated rings. The molecule has 5 heterocycles. The van der Waals surface area contributed by atoms with E-state index in [1.54, 1.807) is 64.4 Å². The van der Waals surface area contributed by atoms with Crippen LogP contribution in [-0.4, -0.2) is 254 Å². The van der Waals surface area contributed by atoms with E-state index in [4.69, 9.17) is 37.7 Å². The van der Waals surface area contributed by atoms with Crippen LogP contribution in [-0.2, 0) is 193 Å². The molecule has 0 unspecified atom stereocenters. The van der Waals surface area contributed by atoms with E-state index in [1.807, 2.05) is 152 Å². The van der Waals surface area contributed by atoms with Crippen LogP contribution < -0.4 is 5.32 Å². The van der Waals surface area contributed by atoms with Gasteiger partial charge in [0.2, 0.25) is 36.6 Å². The Labute approximate surface area is 812 Å². The van der Waals surface area contributed by atoms with E-state index >= 15 is 0 Å². The summed E-state index contributed by atoms with van der Waals surface area (Å²) in [4.78, 5) is 184. The van der Waals surface area contributed by atoms with E-state index in [2.05, 4.69) is 22.2 Å². The van der Waals surface area contributed by atoms with Gasteiger partial charge >= 0.3 is 41.8 Å². The Kier molecular flexibility index (Phi) is 48.9. The van der Waals surface area contributed by atoms with Gasteiger partial charge in [0, 0.05) is 146 Å². The Morgan fingerprint density at radius 3 is 0.978 bits per heavy atom. The summed E-state index contributed by atoms with van der Waals surface area (Å²) in [5.41, 5.74) is 11.4. The highest BCUT2D eigenvalue weighted by atomic mass is 32.2. The number of aliphatic carboxylic acids is 1. The summed E-state index contributed by atoms with van der Waals surface area (Å²) in [6.07, 6.45) is -12.3. The number of aliphatic hydroxyl groups is 3. The van der Waals surface area contributed by atoms with E-state index in [0.717, 1.165) is 110 Å². The number of hydrogen-bond donors (Lipinski definition) is 5. The van der Waals surface area contributed by atoms with Crippen molar-refractivity contribution in [1.82, 2.24) is 39.6 Å². The lowest BCUT2D eigenvalue weighted by Gasteiger charge is -2.35. The fourth-order valence-electron chi connectivity index (χ4n) is 15.0. The van der Waals surface area contributed by atoms with Gasteiger partial charge in [-0.05, 0) is 66.8 Å². The number of carboxylic acid groups (broad SMARTS) is 1. The second-order valence-electron chi connectivity index (χ2n) is 31.5. The molecule has 36 nitrogen and oxygen atoms in total. The van der Waals surface area contributed by atoms with Crippen molar-refractivity contribution in [2.75, 3.05) is 58.9 Å². The maximum atomic E-state index is 13.8. The minimum atomic E-state index is -3.79. The molecule has 0 bridgehead atoms. The van der Waals surface area contributed by atoms with Gasteiger partial charge < -0.3 is 93.2 Å². The molecule has 13 rings (SSSR count). The number of aliphatic hydroxyl groups excluding tert-OH is 3. The predicted octanol–water partition coefficient (Wildman–Crippen LogP) is 8.55. The van der Waals surface area contributed by atoms with Crippen molar-refractivity contribution in [3.05, 3.63) is 285 Å². The number of nitrogens with zero attached hydrogens (tertiary/aromatic N) is 7. The van der Waals surface area contributed by atoms with Crippen LogP contribution in [0.1, 0.15) is 145 Å². The number of hydrogen-bond acceptors (Lipinski definition) is 28. The first kappa shape index (κ1) is 117. The molecule has 8 aromatic carbocycles. The van der Waals surface area contributed by atoms with Crippen molar-refractivity contribution in [1.29, 1.82) is 0 Å². The number of amides is 7. The lowest BCUT2D eigenvalue weighted by molar-refractivity contribution is -0.183. The number of fused-ring (bicyclic) bond motifs is 4. The quantitative estimate of drug-likeness (QED) is 0.0111. The minimum absolute atomic E-state index is 0. The molecule has 139 heavy (non-hydrogen) atoms. The second-order valence-corrected chi connectivity index (χ2v) is 33.1. The largest absolute Gasteiger partial charge is 0.478 e. The summed E-state index contributed by atoms with van der Waals surface area (Å²) in [5.74, 6) is -11.1. The minimum Gasteiger partial charge on any atom is -0.478 e.